The summed E-state index contributed by atoms with van der Waals surface area (Å²) in [6.45, 7) is 5.31. The fraction of sp³-hybridized carbons (Fsp3) is 0.923. The molecule has 3 rings (SSSR count). The Kier molecular flexibility index (Phi) is 7.54. The molecule has 1 amide bonds. The zero-order valence-electron chi connectivity index (χ0n) is 11.7. The molecule has 20 heavy (non-hydrogen) atoms. The molecule has 3 fully saturated rings. The summed E-state index contributed by atoms with van der Waals surface area (Å²) in [6.07, 6.45) is 3.68. The fourth-order valence-corrected chi connectivity index (χ4v) is 2.89. The maximum Gasteiger partial charge on any atom is 0.250 e. The van der Waals surface area contributed by atoms with E-state index in [0.29, 0.717) is 19.1 Å². The summed E-state index contributed by atoms with van der Waals surface area (Å²) in [6, 6.07) is 0.858. The molecule has 2 heterocycles. The Morgan fingerprint density at radius 3 is 2.75 bits per heavy atom. The molecular weight excluding hydrogens is 301 g/mol. The molecule has 5 nitrogen and oxygen atoms in total. The molecule has 7 heteroatoms. The first-order chi connectivity index (χ1) is 8.83. The van der Waals surface area contributed by atoms with Gasteiger partial charge in [-0.1, -0.05) is 0 Å². The molecule has 2 saturated heterocycles. The third-order valence-corrected chi connectivity index (χ3v) is 4.17. The van der Waals surface area contributed by atoms with E-state index in [2.05, 4.69) is 15.5 Å². The molecule has 1 saturated carbocycles. The van der Waals surface area contributed by atoms with Gasteiger partial charge in [0.2, 0.25) is 5.91 Å². The lowest BCUT2D eigenvalue weighted by molar-refractivity contribution is -0.134. The minimum atomic E-state index is -0.292. The van der Waals surface area contributed by atoms with Crippen molar-refractivity contribution in [3.63, 3.8) is 0 Å². The van der Waals surface area contributed by atoms with Crippen LogP contribution in [0.2, 0.25) is 0 Å². The molecule has 2 N–H and O–H groups in total. The molecule has 0 aromatic heterocycles. The third-order valence-electron chi connectivity index (χ3n) is 4.17. The van der Waals surface area contributed by atoms with Gasteiger partial charge in [-0.2, -0.15) is 0 Å². The predicted octanol–water partition coefficient (Wildman–Crippen LogP) is 0.419. The van der Waals surface area contributed by atoms with Crippen LogP contribution in [0, 0.1) is 5.92 Å². The quantitative estimate of drug-likeness (QED) is 0.786. The topological polar surface area (TPSA) is 53.6 Å². The Hall–Kier alpha value is -0.0700. The maximum atomic E-state index is 11.9. The maximum absolute atomic E-state index is 11.9. The highest BCUT2D eigenvalue weighted by Gasteiger charge is 2.34. The van der Waals surface area contributed by atoms with Crippen LogP contribution >= 0.6 is 24.8 Å². The van der Waals surface area contributed by atoms with Gasteiger partial charge in [0.15, 0.2) is 0 Å². The number of hydrogen-bond acceptors (Lipinski definition) is 4. The summed E-state index contributed by atoms with van der Waals surface area (Å²) in [5, 5.41) is 6.22. The van der Waals surface area contributed by atoms with E-state index < -0.39 is 0 Å². The third kappa shape index (κ3) is 4.74. The molecular formula is C13H25Cl2N3O2. The van der Waals surface area contributed by atoms with E-state index in [4.69, 9.17) is 4.74 Å². The second kappa shape index (κ2) is 8.39. The number of nitrogens with zero attached hydrogens (tertiary/aromatic N) is 1. The Bertz CT molecular complexity index is 310. The van der Waals surface area contributed by atoms with Crippen LogP contribution in [0.4, 0.5) is 0 Å². The van der Waals surface area contributed by atoms with Crippen molar-refractivity contribution >= 4 is 30.7 Å². The van der Waals surface area contributed by atoms with Crippen LogP contribution in [-0.2, 0) is 9.53 Å². The zero-order chi connectivity index (χ0) is 12.4. The van der Waals surface area contributed by atoms with E-state index in [1.165, 1.54) is 25.8 Å². The normalized spacial score (nSPS) is 30.2. The van der Waals surface area contributed by atoms with Crippen LogP contribution in [0.15, 0.2) is 0 Å². The summed E-state index contributed by atoms with van der Waals surface area (Å²) < 4.78 is 5.44. The van der Waals surface area contributed by atoms with Gasteiger partial charge in [0.25, 0.3) is 0 Å². The summed E-state index contributed by atoms with van der Waals surface area (Å²) >= 11 is 0. The van der Waals surface area contributed by atoms with Crippen molar-refractivity contribution in [2.24, 2.45) is 5.92 Å². The molecule has 0 spiro atoms. The highest BCUT2D eigenvalue weighted by Crippen LogP contribution is 2.31. The SMILES string of the molecule is Cl.Cl.O=C(NCC1CCN(C2CC2)C1)C1CNCCO1. The van der Waals surface area contributed by atoms with Crippen LogP contribution in [0.3, 0.4) is 0 Å². The molecule has 118 valence electrons. The number of hydrogen-bond donors (Lipinski definition) is 2. The van der Waals surface area contributed by atoms with Crippen LogP contribution < -0.4 is 10.6 Å². The Balaban J connectivity index is 0.000001000. The van der Waals surface area contributed by atoms with E-state index in [-0.39, 0.29) is 36.8 Å². The van der Waals surface area contributed by atoms with E-state index in [9.17, 15) is 4.79 Å². The minimum absolute atomic E-state index is 0. The molecule has 0 aromatic rings. The number of carbonyl (C=O) groups is 1. The first-order valence-corrected chi connectivity index (χ1v) is 7.17. The monoisotopic (exact) mass is 325 g/mol. The number of morpholine rings is 1. The van der Waals surface area contributed by atoms with Crippen molar-refractivity contribution in [3.05, 3.63) is 0 Å². The summed E-state index contributed by atoms with van der Waals surface area (Å²) in [4.78, 5) is 14.5. The lowest BCUT2D eigenvalue weighted by Gasteiger charge is -2.23. The molecule has 2 unspecified atom stereocenters. The predicted molar refractivity (Wildman–Crippen MR) is 82.8 cm³/mol. The zero-order valence-corrected chi connectivity index (χ0v) is 13.3. The largest absolute Gasteiger partial charge is 0.366 e. The summed E-state index contributed by atoms with van der Waals surface area (Å²) in [5.74, 6) is 0.679. The number of amides is 1. The van der Waals surface area contributed by atoms with Gasteiger partial charge in [0.1, 0.15) is 6.10 Å². The number of nitrogens with one attached hydrogen (secondary N) is 2. The average molecular weight is 326 g/mol. The molecule has 0 aromatic carbocycles. The molecule has 1 aliphatic carbocycles. The Labute approximate surface area is 133 Å². The van der Waals surface area contributed by atoms with Crippen molar-refractivity contribution in [1.82, 2.24) is 15.5 Å². The van der Waals surface area contributed by atoms with Gasteiger partial charge >= 0.3 is 0 Å². The second-order valence-corrected chi connectivity index (χ2v) is 5.69. The van der Waals surface area contributed by atoms with Crippen molar-refractivity contribution in [2.75, 3.05) is 39.3 Å². The van der Waals surface area contributed by atoms with Crippen molar-refractivity contribution in [3.8, 4) is 0 Å². The highest BCUT2D eigenvalue weighted by atomic mass is 35.5. The van der Waals surface area contributed by atoms with Crippen molar-refractivity contribution < 1.29 is 9.53 Å². The van der Waals surface area contributed by atoms with Gasteiger partial charge in [-0.3, -0.25) is 4.79 Å². The number of likely N-dealkylation sites (tertiary alicyclic amines) is 1. The smallest absolute Gasteiger partial charge is 0.250 e. The number of rotatable bonds is 4. The molecule has 3 aliphatic rings. The van der Waals surface area contributed by atoms with E-state index in [1.54, 1.807) is 0 Å². The van der Waals surface area contributed by atoms with Gasteiger partial charge < -0.3 is 20.3 Å². The van der Waals surface area contributed by atoms with Crippen LogP contribution in [0.5, 0.6) is 0 Å². The molecule has 0 bridgehead atoms. The van der Waals surface area contributed by atoms with E-state index in [0.717, 1.165) is 25.7 Å². The molecule has 2 aliphatic heterocycles. The van der Waals surface area contributed by atoms with E-state index in [1.807, 2.05) is 0 Å². The van der Waals surface area contributed by atoms with Gasteiger partial charge in [0.05, 0.1) is 6.61 Å². The van der Waals surface area contributed by atoms with Gasteiger partial charge in [-0.15, -0.1) is 24.8 Å². The number of halogens is 2. The van der Waals surface area contributed by atoms with Crippen LogP contribution in [0.1, 0.15) is 19.3 Å². The van der Waals surface area contributed by atoms with Gasteiger partial charge in [-0.05, 0) is 31.7 Å². The highest BCUT2D eigenvalue weighted by molar-refractivity contribution is 5.85. The minimum Gasteiger partial charge on any atom is -0.366 e. The first kappa shape index (κ1) is 18.0. The summed E-state index contributed by atoms with van der Waals surface area (Å²) in [5.41, 5.74) is 0. The average Bonchev–Trinajstić information content (AvgIpc) is 3.16. The Morgan fingerprint density at radius 2 is 2.10 bits per heavy atom. The lowest BCUT2D eigenvalue weighted by atomic mass is 10.1. The van der Waals surface area contributed by atoms with Gasteiger partial charge in [-0.25, -0.2) is 0 Å². The molecule has 2 atom stereocenters. The second-order valence-electron chi connectivity index (χ2n) is 5.69. The lowest BCUT2D eigenvalue weighted by Crippen LogP contribution is -2.48. The molecule has 0 radical (unpaired) electrons. The fourth-order valence-electron chi connectivity index (χ4n) is 2.89. The summed E-state index contributed by atoms with van der Waals surface area (Å²) in [7, 11) is 0. The number of carbonyl (C=O) groups excluding carboxylic acids is 1. The van der Waals surface area contributed by atoms with E-state index >= 15 is 0 Å². The van der Waals surface area contributed by atoms with Crippen molar-refractivity contribution in [2.45, 2.75) is 31.4 Å². The van der Waals surface area contributed by atoms with Crippen molar-refractivity contribution in [1.29, 1.82) is 0 Å². The van der Waals surface area contributed by atoms with Crippen LogP contribution in [0.25, 0.3) is 0 Å². The first-order valence-electron chi connectivity index (χ1n) is 7.17. The van der Waals surface area contributed by atoms with Crippen LogP contribution in [-0.4, -0.2) is 62.3 Å². The number of ether oxygens (including phenoxy) is 1. The standard InChI is InChI=1S/C13H23N3O2.2ClH/c17-13(12-8-14-4-6-18-12)15-7-10-3-5-16(9-10)11-1-2-11;;/h10-12,14H,1-9H2,(H,15,17);2*1H. The van der Waals surface area contributed by atoms with Gasteiger partial charge in [0, 0.05) is 32.2 Å². The Morgan fingerprint density at radius 1 is 1.30 bits per heavy atom.